The molecular formula is C11H14N2. The fourth-order valence-electron chi connectivity index (χ4n) is 1.45. The van der Waals surface area contributed by atoms with Gasteiger partial charge in [-0.25, -0.2) is 0 Å². The highest BCUT2D eigenvalue weighted by Crippen LogP contribution is 2.25. The normalized spacial score (nSPS) is 19.4. The molecule has 1 heterocycles. The van der Waals surface area contributed by atoms with Crippen LogP contribution in [0.25, 0.3) is 0 Å². The van der Waals surface area contributed by atoms with Gasteiger partial charge in [0.25, 0.3) is 0 Å². The molecule has 0 aliphatic carbocycles. The molecule has 0 aromatic heterocycles. The zero-order chi connectivity index (χ0) is 9.31. The molecule has 13 heavy (non-hydrogen) atoms. The summed E-state index contributed by atoms with van der Waals surface area (Å²) in [5.74, 6) is 0. The maximum Gasteiger partial charge on any atom is 0.0594 e. The van der Waals surface area contributed by atoms with Crippen LogP contribution in [0.1, 0.15) is 13.8 Å². The number of hydrazone groups is 1. The van der Waals surface area contributed by atoms with Crippen LogP contribution in [-0.4, -0.2) is 12.8 Å². The number of benzene rings is 1. The van der Waals surface area contributed by atoms with Crippen molar-refractivity contribution in [1.29, 1.82) is 0 Å². The van der Waals surface area contributed by atoms with Crippen molar-refractivity contribution >= 4 is 11.9 Å². The molecular weight excluding hydrogens is 160 g/mol. The topological polar surface area (TPSA) is 15.6 Å². The summed E-state index contributed by atoms with van der Waals surface area (Å²) in [7, 11) is 0. The molecule has 1 aromatic rings. The Balaban J connectivity index is 2.19. The van der Waals surface area contributed by atoms with Crippen molar-refractivity contribution in [2.24, 2.45) is 10.5 Å². The molecule has 0 radical (unpaired) electrons. The molecule has 2 nitrogen and oxygen atoms in total. The molecule has 0 fully saturated rings. The summed E-state index contributed by atoms with van der Waals surface area (Å²) in [6.45, 7) is 5.36. The van der Waals surface area contributed by atoms with Crippen molar-refractivity contribution in [2.45, 2.75) is 13.8 Å². The second-order valence-corrected chi connectivity index (χ2v) is 4.13. The van der Waals surface area contributed by atoms with E-state index >= 15 is 0 Å². The fourth-order valence-corrected chi connectivity index (χ4v) is 1.45. The minimum atomic E-state index is 0.204. The van der Waals surface area contributed by atoms with E-state index in [2.05, 4.69) is 31.1 Å². The van der Waals surface area contributed by atoms with Gasteiger partial charge in [-0.2, -0.15) is 5.10 Å². The van der Waals surface area contributed by atoms with Gasteiger partial charge in [-0.1, -0.05) is 32.0 Å². The van der Waals surface area contributed by atoms with Gasteiger partial charge in [0.1, 0.15) is 0 Å². The summed E-state index contributed by atoms with van der Waals surface area (Å²) in [5.41, 5.74) is 1.37. The van der Waals surface area contributed by atoms with E-state index in [0.29, 0.717) is 0 Å². The first-order valence-electron chi connectivity index (χ1n) is 4.55. The summed E-state index contributed by atoms with van der Waals surface area (Å²) in [5, 5.41) is 6.41. The quantitative estimate of drug-likeness (QED) is 0.638. The predicted octanol–water partition coefficient (Wildman–Crippen LogP) is 2.52. The van der Waals surface area contributed by atoms with Gasteiger partial charge in [-0.05, 0) is 12.1 Å². The van der Waals surface area contributed by atoms with E-state index in [1.807, 2.05) is 29.4 Å². The van der Waals surface area contributed by atoms with Crippen LogP contribution in [0.15, 0.2) is 35.4 Å². The van der Waals surface area contributed by atoms with Gasteiger partial charge in [-0.15, -0.1) is 0 Å². The van der Waals surface area contributed by atoms with Crippen LogP contribution in [0.5, 0.6) is 0 Å². The lowest BCUT2D eigenvalue weighted by Crippen LogP contribution is -2.23. The Morgan fingerprint density at radius 1 is 1.23 bits per heavy atom. The highest BCUT2D eigenvalue weighted by atomic mass is 15.5. The van der Waals surface area contributed by atoms with Gasteiger partial charge >= 0.3 is 0 Å². The fraction of sp³-hybridized carbons (Fsp3) is 0.364. The summed E-state index contributed by atoms with van der Waals surface area (Å²) in [4.78, 5) is 0. The van der Waals surface area contributed by atoms with E-state index in [4.69, 9.17) is 0 Å². The van der Waals surface area contributed by atoms with Crippen LogP contribution < -0.4 is 5.01 Å². The molecule has 68 valence electrons. The lowest BCUT2D eigenvalue weighted by Gasteiger charge is -2.18. The molecule has 0 saturated carbocycles. The number of para-hydroxylation sites is 1. The van der Waals surface area contributed by atoms with Crippen LogP contribution in [0.3, 0.4) is 0 Å². The number of nitrogens with zero attached hydrogens (tertiary/aromatic N) is 2. The van der Waals surface area contributed by atoms with Crippen molar-refractivity contribution in [3.63, 3.8) is 0 Å². The third-order valence-corrected chi connectivity index (χ3v) is 2.16. The Morgan fingerprint density at radius 3 is 2.46 bits per heavy atom. The highest BCUT2D eigenvalue weighted by molar-refractivity contribution is 5.71. The summed E-state index contributed by atoms with van der Waals surface area (Å²) >= 11 is 0. The standard InChI is InChI=1S/C11H14N2/c1-11(2)8-12-13(9-11)10-6-4-3-5-7-10/h3-8H,9H2,1-2H3. The minimum Gasteiger partial charge on any atom is -0.265 e. The molecule has 1 aromatic carbocycles. The molecule has 0 spiro atoms. The monoisotopic (exact) mass is 174 g/mol. The number of rotatable bonds is 1. The third-order valence-electron chi connectivity index (χ3n) is 2.16. The van der Waals surface area contributed by atoms with Crippen LogP contribution >= 0.6 is 0 Å². The van der Waals surface area contributed by atoms with E-state index < -0.39 is 0 Å². The lowest BCUT2D eigenvalue weighted by molar-refractivity contribution is 0.561. The first-order valence-corrected chi connectivity index (χ1v) is 4.55. The smallest absolute Gasteiger partial charge is 0.0594 e. The largest absolute Gasteiger partial charge is 0.265 e. The summed E-state index contributed by atoms with van der Waals surface area (Å²) in [6, 6.07) is 10.3. The van der Waals surface area contributed by atoms with E-state index in [1.54, 1.807) is 0 Å². The Kier molecular flexibility index (Phi) is 1.83. The van der Waals surface area contributed by atoms with Gasteiger partial charge in [0.05, 0.1) is 12.2 Å². The SMILES string of the molecule is CC1(C)C=NN(c2ccccc2)C1. The molecule has 0 amide bonds. The van der Waals surface area contributed by atoms with E-state index in [-0.39, 0.29) is 5.41 Å². The maximum atomic E-state index is 4.37. The Bertz CT molecular complexity index is 314. The zero-order valence-corrected chi connectivity index (χ0v) is 8.07. The first-order chi connectivity index (χ1) is 6.17. The Morgan fingerprint density at radius 2 is 1.92 bits per heavy atom. The lowest BCUT2D eigenvalue weighted by atomic mass is 9.96. The molecule has 2 rings (SSSR count). The summed E-state index contributed by atoms with van der Waals surface area (Å²) < 4.78 is 0. The van der Waals surface area contributed by atoms with Crippen LogP contribution in [-0.2, 0) is 0 Å². The molecule has 0 bridgehead atoms. The molecule has 0 saturated heterocycles. The van der Waals surface area contributed by atoms with Crippen molar-refractivity contribution in [1.82, 2.24) is 0 Å². The Hall–Kier alpha value is -1.31. The number of anilines is 1. The van der Waals surface area contributed by atoms with Crippen molar-refractivity contribution in [3.05, 3.63) is 30.3 Å². The second-order valence-electron chi connectivity index (χ2n) is 4.13. The predicted molar refractivity (Wildman–Crippen MR) is 56.1 cm³/mol. The van der Waals surface area contributed by atoms with E-state index in [0.717, 1.165) is 6.54 Å². The average Bonchev–Trinajstić information content (AvgIpc) is 2.48. The van der Waals surface area contributed by atoms with Gasteiger partial charge in [0.15, 0.2) is 0 Å². The van der Waals surface area contributed by atoms with Crippen molar-refractivity contribution in [3.8, 4) is 0 Å². The zero-order valence-electron chi connectivity index (χ0n) is 8.07. The van der Waals surface area contributed by atoms with Crippen LogP contribution in [0, 0.1) is 5.41 Å². The van der Waals surface area contributed by atoms with E-state index in [1.165, 1.54) is 5.69 Å². The van der Waals surface area contributed by atoms with Gasteiger partial charge in [-0.3, -0.25) is 5.01 Å². The molecule has 0 unspecified atom stereocenters. The van der Waals surface area contributed by atoms with Crippen LogP contribution in [0.2, 0.25) is 0 Å². The number of hydrogen-bond acceptors (Lipinski definition) is 2. The van der Waals surface area contributed by atoms with Gasteiger partial charge in [0, 0.05) is 11.6 Å². The molecule has 1 aliphatic heterocycles. The molecule has 0 N–H and O–H groups in total. The van der Waals surface area contributed by atoms with Crippen LogP contribution in [0.4, 0.5) is 5.69 Å². The molecule has 1 aliphatic rings. The highest BCUT2D eigenvalue weighted by Gasteiger charge is 2.25. The maximum absolute atomic E-state index is 4.37. The van der Waals surface area contributed by atoms with E-state index in [9.17, 15) is 0 Å². The van der Waals surface area contributed by atoms with Crippen molar-refractivity contribution in [2.75, 3.05) is 11.6 Å². The third kappa shape index (κ3) is 1.72. The summed E-state index contributed by atoms with van der Waals surface area (Å²) in [6.07, 6.45) is 2.01. The van der Waals surface area contributed by atoms with Gasteiger partial charge in [0.2, 0.25) is 0 Å². The molecule has 0 atom stereocenters. The van der Waals surface area contributed by atoms with Gasteiger partial charge < -0.3 is 0 Å². The molecule has 2 heteroatoms. The first kappa shape index (κ1) is 8.30. The average molecular weight is 174 g/mol. The Labute approximate surface area is 78.9 Å². The minimum absolute atomic E-state index is 0.204. The van der Waals surface area contributed by atoms with Crippen molar-refractivity contribution < 1.29 is 0 Å². The number of hydrogen-bond donors (Lipinski definition) is 0. The second kappa shape index (κ2) is 2.87.